The first-order valence-electron chi connectivity index (χ1n) is 9.98. The normalized spacial score (nSPS) is 16.7. The van der Waals surface area contributed by atoms with Crippen molar-refractivity contribution in [3.8, 4) is 11.4 Å². The van der Waals surface area contributed by atoms with E-state index in [9.17, 15) is 9.18 Å². The van der Waals surface area contributed by atoms with Crippen molar-refractivity contribution in [2.75, 3.05) is 19.6 Å². The third-order valence-corrected chi connectivity index (χ3v) is 5.44. The molecule has 1 aromatic carbocycles. The summed E-state index contributed by atoms with van der Waals surface area (Å²) in [5.74, 6) is 0.487. The fourth-order valence-electron chi connectivity index (χ4n) is 3.51. The summed E-state index contributed by atoms with van der Waals surface area (Å²) in [6, 6.07) is 14.6. The Bertz CT molecular complexity index is 1040. The summed E-state index contributed by atoms with van der Waals surface area (Å²) in [6.07, 6.45) is 4.08. The van der Waals surface area contributed by atoms with Gasteiger partial charge >= 0.3 is 0 Å². The van der Waals surface area contributed by atoms with Crippen LogP contribution < -0.4 is 10.3 Å². The van der Waals surface area contributed by atoms with Crippen LogP contribution in [0.2, 0.25) is 5.02 Å². The predicted molar refractivity (Wildman–Crippen MR) is 115 cm³/mol. The Morgan fingerprint density at radius 3 is 2.67 bits per heavy atom. The Balaban J connectivity index is 1.36. The molecule has 1 fully saturated rings. The van der Waals surface area contributed by atoms with Crippen LogP contribution in [0.25, 0.3) is 5.69 Å². The van der Waals surface area contributed by atoms with E-state index in [1.165, 1.54) is 11.6 Å². The molecule has 30 heavy (non-hydrogen) atoms. The quantitative estimate of drug-likeness (QED) is 0.570. The Labute approximate surface area is 179 Å². The molecular formula is C23H23ClFN3O2. The van der Waals surface area contributed by atoms with Crippen molar-refractivity contribution in [2.45, 2.75) is 25.6 Å². The van der Waals surface area contributed by atoms with Crippen LogP contribution in [0.5, 0.6) is 5.75 Å². The van der Waals surface area contributed by atoms with E-state index in [0.29, 0.717) is 23.7 Å². The second-order valence-corrected chi connectivity index (χ2v) is 7.87. The molecule has 0 N–H and O–H groups in total. The second kappa shape index (κ2) is 9.41. The molecule has 0 saturated carbocycles. The van der Waals surface area contributed by atoms with E-state index < -0.39 is 6.17 Å². The second-order valence-electron chi connectivity index (χ2n) is 7.43. The van der Waals surface area contributed by atoms with Crippen LogP contribution in [0.3, 0.4) is 0 Å². The average Bonchev–Trinajstić information content (AvgIpc) is 3.18. The number of hydrogen-bond donors (Lipinski definition) is 0. The highest BCUT2D eigenvalue weighted by molar-refractivity contribution is 6.30. The van der Waals surface area contributed by atoms with Gasteiger partial charge in [0.1, 0.15) is 18.5 Å². The zero-order chi connectivity index (χ0) is 20.9. The molecule has 0 unspecified atom stereocenters. The van der Waals surface area contributed by atoms with Crippen molar-refractivity contribution in [1.82, 2.24) is 14.5 Å². The fraction of sp³-hybridized carbons (Fsp3) is 0.304. The highest BCUT2D eigenvalue weighted by Gasteiger charge is 2.20. The number of benzene rings is 1. The molecule has 0 amide bonds. The molecule has 5 nitrogen and oxygen atoms in total. The zero-order valence-electron chi connectivity index (χ0n) is 16.5. The first-order chi connectivity index (χ1) is 14.6. The monoisotopic (exact) mass is 427 g/mol. The van der Waals surface area contributed by atoms with Crippen molar-refractivity contribution in [2.24, 2.45) is 0 Å². The molecule has 1 aliphatic rings. The molecule has 156 valence electrons. The average molecular weight is 428 g/mol. The highest BCUT2D eigenvalue weighted by atomic mass is 35.5. The van der Waals surface area contributed by atoms with Crippen LogP contribution in [0.15, 0.2) is 65.7 Å². The van der Waals surface area contributed by atoms with Gasteiger partial charge in [0.05, 0.1) is 10.7 Å². The van der Waals surface area contributed by atoms with E-state index in [4.69, 9.17) is 16.3 Å². The summed E-state index contributed by atoms with van der Waals surface area (Å²) in [5.41, 5.74) is 2.52. The number of alkyl halides is 1. The lowest BCUT2D eigenvalue weighted by molar-refractivity contribution is 0.290. The standard InChI is InChI=1S/C23H23ClFN3O2/c24-18-3-4-20(26-14-18)16-30-22-9-12-28(23(29)13-22)21-5-1-17(2-6-21)7-10-27-11-8-19(25)15-27/h1-6,9,12-14,19H,7-8,10-11,15-16H2/t19-/m0/s1. The zero-order valence-corrected chi connectivity index (χ0v) is 17.3. The number of nitrogens with zero attached hydrogens (tertiary/aromatic N) is 3. The van der Waals surface area contributed by atoms with Crippen LogP contribution in [0, 0.1) is 0 Å². The van der Waals surface area contributed by atoms with E-state index in [0.717, 1.165) is 30.9 Å². The lowest BCUT2D eigenvalue weighted by Crippen LogP contribution is -2.23. The largest absolute Gasteiger partial charge is 0.487 e. The summed E-state index contributed by atoms with van der Waals surface area (Å²) in [4.78, 5) is 18.8. The molecular weight excluding hydrogens is 405 g/mol. The van der Waals surface area contributed by atoms with Gasteiger partial charge < -0.3 is 9.64 Å². The molecule has 1 saturated heterocycles. The van der Waals surface area contributed by atoms with Crippen LogP contribution in [0.4, 0.5) is 4.39 Å². The van der Waals surface area contributed by atoms with E-state index >= 15 is 0 Å². The number of aromatic nitrogens is 2. The predicted octanol–water partition coefficient (Wildman–Crippen LogP) is 4.05. The van der Waals surface area contributed by atoms with Crippen LogP contribution >= 0.6 is 11.6 Å². The number of rotatable bonds is 7. The van der Waals surface area contributed by atoms with Gasteiger partial charge in [-0.25, -0.2) is 4.39 Å². The molecule has 0 radical (unpaired) electrons. The van der Waals surface area contributed by atoms with Crippen LogP contribution in [-0.4, -0.2) is 40.3 Å². The van der Waals surface area contributed by atoms with E-state index in [1.54, 1.807) is 35.2 Å². The minimum Gasteiger partial charge on any atom is -0.487 e. The Morgan fingerprint density at radius 2 is 2.00 bits per heavy atom. The van der Waals surface area contributed by atoms with Gasteiger partial charge in [-0.1, -0.05) is 23.7 Å². The van der Waals surface area contributed by atoms with E-state index in [1.807, 2.05) is 24.3 Å². The Hall–Kier alpha value is -2.70. The molecule has 3 heterocycles. The van der Waals surface area contributed by atoms with Gasteiger partial charge in [-0.2, -0.15) is 0 Å². The summed E-state index contributed by atoms with van der Waals surface area (Å²) in [6.45, 7) is 2.48. The molecule has 4 rings (SSSR count). The van der Waals surface area contributed by atoms with Gasteiger partial charge in [0.15, 0.2) is 0 Å². The minimum absolute atomic E-state index is 0.171. The van der Waals surface area contributed by atoms with Crippen molar-refractivity contribution in [3.05, 3.63) is 87.6 Å². The first kappa shape index (κ1) is 20.6. The third kappa shape index (κ3) is 5.26. The minimum atomic E-state index is -0.686. The van der Waals surface area contributed by atoms with Gasteiger partial charge in [-0.05, 0) is 48.7 Å². The Kier molecular flexibility index (Phi) is 6.45. The van der Waals surface area contributed by atoms with Crippen molar-refractivity contribution >= 4 is 11.6 Å². The van der Waals surface area contributed by atoms with Gasteiger partial charge in [0.2, 0.25) is 0 Å². The van der Waals surface area contributed by atoms with Crippen LogP contribution in [0.1, 0.15) is 17.7 Å². The van der Waals surface area contributed by atoms with E-state index in [2.05, 4.69) is 9.88 Å². The number of halogens is 2. The van der Waals surface area contributed by atoms with Gasteiger partial charge in [0.25, 0.3) is 5.56 Å². The molecule has 0 bridgehead atoms. The number of hydrogen-bond acceptors (Lipinski definition) is 4. The lowest BCUT2D eigenvalue weighted by atomic mass is 10.1. The molecule has 1 atom stereocenters. The van der Waals surface area contributed by atoms with Crippen molar-refractivity contribution < 1.29 is 9.13 Å². The lowest BCUT2D eigenvalue weighted by Gasteiger charge is -2.14. The molecule has 1 aliphatic heterocycles. The maximum atomic E-state index is 13.3. The number of pyridine rings is 2. The smallest absolute Gasteiger partial charge is 0.258 e. The van der Waals surface area contributed by atoms with E-state index in [-0.39, 0.29) is 12.2 Å². The third-order valence-electron chi connectivity index (χ3n) is 5.21. The first-order valence-corrected chi connectivity index (χ1v) is 10.4. The van der Waals surface area contributed by atoms with Crippen molar-refractivity contribution in [3.63, 3.8) is 0 Å². The summed E-state index contributed by atoms with van der Waals surface area (Å²) >= 11 is 5.82. The van der Waals surface area contributed by atoms with Crippen LogP contribution in [-0.2, 0) is 13.0 Å². The molecule has 3 aromatic rings. The van der Waals surface area contributed by atoms with Gasteiger partial charge in [-0.3, -0.25) is 14.3 Å². The highest BCUT2D eigenvalue weighted by Crippen LogP contribution is 2.15. The number of ether oxygens (including phenoxy) is 1. The maximum Gasteiger partial charge on any atom is 0.258 e. The SMILES string of the molecule is O=c1cc(OCc2ccc(Cl)cn2)ccn1-c1ccc(CCN2CC[C@H](F)C2)cc1. The van der Waals surface area contributed by atoms with Gasteiger partial charge in [0, 0.05) is 43.8 Å². The number of likely N-dealkylation sites (tertiary alicyclic amines) is 1. The summed E-state index contributed by atoms with van der Waals surface area (Å²) in [7, 11) is 0. The molecule has 0 aliphatic carbocycles. The fourth-order valence-corrected chi connectivity index (χ4v) is 3.62. The summed E-state index contributed by atoms with van der Waals surface area (Å²) < 4.78 is 20.5. The Morgan fingerprint density at radius 1 is 1.17 bits per heavy atom. The van der Waals surface area contributed by atoms with Gasteiger partial charge in [-0.15, -0.1) is 0 Å². The molecule has 2 aromatic heterocycles. The van der Waals surface area contributed by atoms with Crippen molar-refractivity contribution in [1.29, 1.82) is 0 Å². The maximum absolute atomic E-state index is 13.3. The molecule has 7 heteroatoms. The molecule has 0 spiro atoms. The summed E-state index contributed by atoms with van der Waals surface area (Å²) in [5, 5.41) is 0.566. The topological polar surface area (TPSA) is 47.4 Å².